The molecule has 0 atom stereocenters. The van der Waals surface area contributed by atoms with E-state index >= 15 is 0 Å². The quantitative estimate of drug-likeness (QED) is 0.795. The average Bonchev–Trinajstić information content (AvgIpc) is 3.01. The van der Waals surface area contributed by atoms with Gasteiger partial charge in [0.25, 0.3) is 5.91 Å². The Bertz CT molecular complexity index is 498. The molecular formula is C16H22BrNO3. The van der Waals surface area contributed by atoms with Crippen LogP contribution in [-0.4, -0.2) is 32.0 Å². The third kappa shape index (κ3) is 3.51. The van der Waals surface area contributed by atoms with Gasteiger partial charge in [-0.2, -0.15) is 0 Å². The van der Waals surface area contributed by atoms with Crippen LogP contribution in [0.3, 0.4) is 0 Å². The summed E-state index contributed by atoms with van der Waals surface area (Å²) in [6.07, 6.45) is 4.80. The average molecular weight is 356 g/mol. The molecule has 0 spiro atoms. The van der Waals surface area contributed by atoms with E-state index in [9.17, 15) is 4.79 Å². The van der Waals surface area contributed by atoms with Crippen LogP contribution in [0.15, 0.2) is 18.2 Å². The van der Waals surface area contributed by atoms with Crippen molar-refractivity contribution in [3.63, 3.8) is 0 Å². The molecule has 1 fully saturated rings. The highest BCUT2D eigenvalue weighted by atomic mass is 79.9. The summed E-state index contributed by atoms with van der Waals surface area (Å²) in [6.45, 7) is 0.692. The number of carbonyl (C=O) groups is 1. The Hall–Kier alpha value is -1.23. The van der Waals surface area contributed by atoms with Crippen LogP contribution in [0.5, 0.6) is 11.5 Å². The third-order valence-corrected chi connectivity index (χ3v) is 5.41. The molecule has 1 amide bonds. The van der Waals surface area contributed by atoms with Crippen molar-refractivity contribution in [1.29, 1.82) is 0 Å². The van der Waals surface area contributed by atoms with Crippen molar-refractivity contribution in [2.45, 2.75) is 25.7 Å². The Kier molecular flexibility index (Phi) is 5.51. The van der Waals surface area contributed by atoms with E-state index in [1.165, 1.54) is 12.8 Å². The number of alkyl halides is 1. The highest BCUT2D eigenvalue weighted by Crippen LogP contribution is 2.39. The first-order valence-corrected chi connectivity index (χ1v) is 8.33. The Balaban J connectivity index is 2.10. The van der Waals surface area contributed by atoms with Gasteiger partial charge in [0.1, 0.15) is 0 Å². The molecule has 5 heteroatoms. The van der Waals surface area contributed by atoms with E-state index in [2.05, 4.69) is 21.2 Å². The topological polar surface area (TPSA) is 47.6 Å². The first-order chi connectivity index (χ1) is 10.2. The standard InChI is InChI=1S/C16H22BrNO3/c1-20-13-7-5-6-12(14(13)21-2)15(19)18-11-16(10-17)8-3-4-9-16/h5-7H,3-4,8-11H2,1-2H3,(H,18,19). The fourth-order valence-electron chi connectivity index (χ4n) is 2.91. The maximum Gasteiger partial charge on any atom is 0.255 e. The number of ether oxygens (including phenoxy) is 2. The highest BCUT2D eigenvalue weighted by molar-refractivity contribution is 9.09. The normalized spacial score (nSPS) is 16.5. The van der Waals surface area contributed by atoms with Crippen LogP contribution in [0.25, 0.3) is 0 Å². The molecule has 1 N–H and O–H groups in total. The number of para-hydroxylation sites is 1. The molecule has 0 saturated heterocycles. The Morgan fingerprint density at radius 3 is 2.57 bits per heavy atom. The van der Waals surface area contributed by atoms with Crippen molar-refractivity contribution in [2.75, 3.05) is 26.1 Å². The first-order valence-electron chi connectivity index (χ1n) is 7.21. The molecule has 0 radical (unpaired) electrons. The van der Waals surface area contributed by atoms with Crippen molar-refractivity contribution in [3.05, 3.63) is 23.8 Å². The van der Waals surface area contributed by atoms with Gasteiger partial charge in [-0.1, -0.05) is 34.8 Å². The summed E-state index contributed by atoms with van der Waals surface area (Å²) in [6, 6.07) is 5.34. The van der Waals surface area contributed by atoms with Crippen LogP contribution < -0.4 is 14.8 Å². The molecule has 1 aliphatic rings. The lowest BCUT2D eigenvalue weighted by Gasteiger charge is -2.26. The van der Waals surface area contributed by atoms with Crippen LogP contribution in [0.1, 0.15) is 36.0 Å². The number of hydrogen-bond acceptors (Lipinski definition) is 3. The van der Waals surface area contributed by atoms with Gasteiger partial charge in [-0.25, -0.2) is 0 Å². The van der Waals surface area contributed by atoms with E-state index in [1.54, 1.807) is 32.4 Å². The zero-order valence-corrected chi connectivity index (χ0v) is 14.2. The zero-order chi connectivity index (χ0) is 15.3. The molecule has 21 heavy (non-hydrogen) atoms. The molecule has 0 bridgehead atoms. The van der Waals surface area contributed by atoms with E-state index in [1.807, 2.05) is 0 Å². The number of nitrogens with one attached hydrogen (secondary N) is 1. The summed E-state index contributed by atoms with van der Waals surface area (Å²) in [7, 11) is 3.11. The van der Waals surface area contributed by atoms with E-state index in [4.69, 9.17) is 9.47 Å². The summed E-state index contributed by atoms with van der Waals surface area (Å²) in [5.41, 5.74) is 0.710. The van der Waals surface area contributed by atoms with Crippen LogP contribution in [-0.2, 0) is 0 Å². The molecule has 4 nitrogen and oxygen atoms in total. The minimum atomic E-state index is -0.113. The second-order valence-electron chi connectivity index (χ2n) is 5.56. The van der Waals surface area contributed by atoms with Gasteiger partial charge < -0.3 is 14.8 Å². The van der Waals surface area contributed by atoms with Gasteiger partial charge in [0.15, 0.2) is 11.5 Å². The SMILES string of the molecule is COc1cccc(C(=O)NCC2(CBr)CCCC2)c1OC. The van der Waals surface area contributed by atoms with Gasteiger partial charge in [-0.05, 0) is 30.4 Å². The molecule has 2 rings (SSSR count). The van der Waals surface area contributed by atoms with Gasteiger partial charge in [0.05, 0.1) is 19.8 Å². The molecule has 0 aromatic heterocycles. The number of benzene rings is 1. The lowest BCUT2D eigenvalue weighted by Crippen LogP contribution is -2.37. The Labute approximate surface area is 134 Å². The maximum atomic E-state index is 12.4. The number of halogens is 1. The number of rotatable bonds is 6. The molecule has 0 unspecified atom stereocenters. The Morgan fingerprint density at radius 1 is 1.29 bits per heavy atom. The summed E-state index contributed by atoms with van der Waals surface area (Å²) in [5.74, 6) is 0.941. The maximum absolute atomic E-state index is 12.4. The molecule has 1 aliphatic carbocycles. The molecule has 1 aromatic carbocycles. The lowest BCUT2D eigenvalue weighted by molar-refractivity contribution is 0.0932. The van der Waals surface area contributed by atoms with E-state index in [-0.39, 0.29) is 11.3 Å². The van der Waals surface area contributed by atoms with Gasteiger partial charge in [-0.3, -0.25) is 4.79 Å². The van der Waals surface area contributed by atoms with Gasteiger partial charge in [-0.15, -0.1) is 0 Å². The summed E-state index contributed by atoms with van der Waals surface area (Å²) < 4.78 is 10.6. The van der Waals surface area contributed by atoms with E-state index < -0.39 is 0 Å². The lowest BCUT2D eigenvalue weighted by atomic mass is 9.89. The second-order valence-corrected chi connectivity index (χ2v) is 6.13. The van der Waals surface area contributed by atoms with Crippen molar-refractivity contribution < 1.29 is 14.3 Å². The fourth-order valence-corrected chi connectivity index (χ4v) is 3.67. The van der Waals surface area contributed by atoms with Crippen LogP contribution in [0.4, 0.5) is 0 Å². The smallest absolute Gasteiger partial charge is 0.255 e. The number of amides is 1. The molecule has 1 saturated carbocycles. The monoisotopic (exact) mass is 355 g/mol. The van der Waals surface area contributed by atoms with E-state index in [0.717, 1.165) is 18.2 Å². The van der Waals surface area contributed by atoms with Gasteiger partial charge in [0.2, 0.25) is 0 Å². The van der Waals surface area contributed by atoms with E-state index in [0.29, 0.717) is 23.6 Å². The Morgan fingerprint density at radius 2 is 2.00 bits per heavy atom. The van der Waals surface area contributed by atoms with Gasteiger partial charge >= 0.3 is 0 Å². The molecule has 0 aliphatic heterocycles. The summed E-state index contributed by atoms with van der Waals surface area (Å²) >= 11 is 3.59. The third-order valence-electron chi connectivity index (χ3n) is 4.22. The van der Waals surface area contributed by atoms with Crippen molar-refractivity contribution in [1.82, 2.24) is 5.32 Å². The number of methoxy groups -OCH3 is 2. The van der Waals surface area contributed by atoms with Crippen molar-refractivity contribution >= 4 is 21.8 Å². The summed E-state index contributed by atoms with van der Waals surface area (Å²) in [5, 5.41) is 3.98. The predicted molar refractivity (Wildman–Crippen MR) is 86.6 cm³/mol. The molecule has 1 aromatic rings. The molecule has 116 valence electrons. The van der Waals surface area contributed by atoms with Crippen LogP contribution in [0.2, 0.25) is 0 Å². The minimum absolute atomic E-state index is 0.113. The molecule has 0 heterocycles. The first kappa shape index (κ1) is 16.1. The van der Waals surface area contributed by atoms with Crippen LogP contribution in [0, 0.1) is 5.41 Å². The zero-order valence-electron chi connectivity index (χ0n) is 12.6. The largest absolute Gasteiger partial charge is 0.493 e. The number of carbonyl (C=O) groups excluding carboxylic acids is 1. The second kappa shape index (κ2) is 7.16. The van der Waals surface area contributed by atoms with Crippen LogP contribution >= 0.6 is 15.9 Å². The summed E-state index contributed by atoms with van der Waals surface area (Å²) in [4.78, 5) is 12.4. The highest BCUT2D eigenvalue weighted by Gasteiger charge is 2.33. The molecular weight excluding hydrogens is 334 g/mol. The predicted octanol–water partition coefficient (Wildman–Crippen LogP) is 3.39. The van der Waals surface area contributed by atoms with Crippen molar-refractivity contribution in [3.8, 4) is 11.5 Å². The fraction of sp³-hybridized carbons (Fsp3) is 0.562. The minimum Gasteiger partial charge on any atom is -0.493 e. The van der Waals surface area contributed by atoms with Crippen molar-refractivity contribution in [2.24, 2.45) is 5.41 Å². The number of hydrogen-bond donors (Lipinski definition) is 1. The van der Waals surface area contributed by atoms with Gasteiger partial charge in [0, 0.05) is 11.9 Å².